The number of carboxylic acids is 1. The quantitative estimate of drug-likeness (QED) is 0.845. The Kier molecular flexibility index (Phi) is 3.79. The van der Waals surface area contributed by atoms with E-state index in [1.54, 1.807) is 0 Å². The molecule has 0 spiro atoms. The van der Waals surface area contributed by atoms with Gasteiger partial charge in [0.05, 0.1) is 6.42 Å². The summed E-state index contributed by atoms with van der Waals surface area (Å²) in [5.41, 5.74) is 5.63. The van der Waals surface area contributed by atoms with E-state index in [1.807, 2.05) is 42.5 Å². The van der Waals surface area contributed by atoms with E-state index in [1.165, 1.54) is 0 Å². The van der Waals surface area contributed by atoms with Crippen molar-refractivity contribution < 1.29 is 14.6 Å². The van der Waals surface area contributed by atoms with Gasteiger partial charge in [-0.2, -0.15) is 0 Å². The first-order valence-corrected chi connectivity index (χ1v) is 5.74. The second-order valence-electron chi connectivity index (χ2n) is 4.18. The van der Waals surface area contributed by atoms with Gasteiger partial charge in [0.1, 0.15) is 12.4 Å². The standard InChI is InChI=1S/C14H15NO3/c15-12(8-14(16)17)9-18-13-6-5-10-3-1-2-4-11(10)7-13/h1-7,12H,8-9,15H2,(H,16,17). The molecule has 2 aromatic rings. The van der Waals surface area contributed by atoms with Crippen LogP contribution in [0.3, 0.4) is 0 Å². The highest BCUT2D eigenvalue weighted by Crippen LogP contribution is 2.20. The second kappa shape index (κ2) is 5.51. The molecule has 4 heteroatoms. The first kappa shape index (κ1) is 12.4. The molecule has 0 bridgehead atoms. The molecule has 0 heterocycles. The van der Waals surface area contributed by atoms with Gasteiger partial charge in [-0.05, 0) is 22.9 Å². The number of benzene rings is 2. The Hall–Kier alpha value is -2.07. The Labute approximate surface area is 105 Å². The average molecular weight is 245 g/mol. The fraction of sp³-hybridized carbons (Fsp3) is 0.214. The van der Waals surface area contributed by atoms with Crippen molar-refractivity contribution in [1.29, 1.82) is 0 Å². The average Bonchev–Trinajstić information content (AvgIpc) is 2.35. The van der Waals surface area contributed by atoms with E-state index in [-0.39, 0.29) is 13.0 Å². The van der Waals surface area contributed by atoms with Gasteiger partial charge in [-0.1, -0.05) is 30.3 Å². The number of aliphatic carboxylic acids is 1. The SMILES string of the molecule is NC(COc1ccc2ccccc2c1)CC(=O)O. The number of carbonyl (C=O) groups is 1. The Balaban J connectivity index is 2.01. The van der Waals surface area contributed by atoms with E-state index in [4.69, 9.17) is 15.6 Å². The van der Waals surface area contributed by atoms with E-state index in [9.17, 15) is 4.79 Å². The summed E-state index contributed by atoms with van der Waals surface area (Å²) in [7, 11) is 0. The predicted octanol–water partition coefficient (Wildman–Crippen LogP) is 2.02. The lowest BCUT2D eigenvalue weighted by Gasteiger charge is -2.11. The van der Waals surface area contributed by atoms with E-state index < -0.39 is 12.0 Å². The summed E-state index contributed by atoms with van der Waals surface area (Å²) in [4.78, 5) is 10.5. The number of hydrogen-bond donors (Lipinski definition) is 2. The van der Waals surface area contributed by atoms with Crippen LogP contribution < -0.4 is 10.5 Å². The molecule has 0 aliphatic heterocycles. The van der Waals surface area contributed by atoms with Crippen LogP contribution in [0.2, 0.25) is 0 Å². The predicted molar refractivity (Wildman–Crippen MR) is 69.7 cm³/mol. The van der Waals surface area contributed by atoms with Crippen molar-refractivity contribution in [3.63, 3.8) is 0 Å². The molecule has 0 fully saturated rings. The minimum atomic E-state index is -0.912. The maximum atomic E-state index is 10.5. The first-order chi connectivity index (χ1) is 8.65. The maximum Gasteiger partial charge on any atom is 0.305 e. The summed E-state index contributed by atoms with van der Waals surface area (Å²) in [6.07, 6.45) is -0.0897. The zero-order chi connectivity index (χ0) is 13.0. The number of rotatable bonds is 5. The number of fused-ring (bicyclic) bond motifs is 1. The summed E-state index contributed by atoms with van der Waals surface area (Å²) in [5.74, 6) is -0.209. The Bertz CT molecular complexity index is 553. The van der Waals surface area contributed by atoms with Crippen LogP contribution in [0.25, 0.3) is 10.8 Å². The molecule has 2 rings (SSSR count). The van der Waals surface area contributed by atoms with Crippen molar-refractivity contribution in [3.8, 4) is 5.75 Å². The fourth-order valence-corrected chi connectivity index (χ4v) is 1.74. The van der Waals surface area contributed by atoms with E-state index in [0.29, 0.717) is 5.75 Å². The number of nitrogens with two attached hydrogens (primary N) is 1. The highest BCUT2D eigenvalue weighted by molar-refractivity contribution is 5.83. The van der Waals surface area contributed by atoms with Crippen LogP contribution in [0.15, 0.2) is 42.5 Å². The third-order valence-corrected chi connectivity index (χ3v) is 2.62. The van der Waals surface area contributed by atoms with Crippen molar-refractivity contribution in [3.05, 3.63) is 42.5 Å². The maximum absolute atomic E-state index is 10.5. The van der Waals surface area contributed by atoms with Gasteiger partial charge in [-0.15, -0.1) is 0 Å². The lowest BCUT2D eigenvalue weighted by molar-refractivity contribution is -0.137. The van der Waals surface area contributed by atoms with Crippen LogP contribution in [-0.2, 0) is 4.79 Å². The van der Waals surface area contributed by atoms with Crippen molar-refractivity contribution in [2.45, 2.75) is 12.5 Å². The molecule has 0 aliphatic carbocycles. The molecule has 4 nitrogen and oxygen atoms in total. The normalized spacial score (nSPS) is 12.3. The first-order valence-electron chi connectivity index (χ1n) is 5.74. The van der Waals surface area contributed by atoms with E-state index >= 15 is 0 Å². The highest BCUT2D eigenvalue weighted by Gasteiger charge is 2.08. The van der Waals surface area contributed by atoms with Gasteiger partial charge in [0.25, 0.3) is 0 Å². The Morgan fingerprint density at radius 2 is 1.94 bits per heavy atom. The van der Waals surface area contributed by atoms with Gasteiger partial charge in [0.15, 0.2) is 0 Å². The topological polar surface area (TPSA) is 72.5 Å². The summed E-state index contributed by atoms with van der Waals surface area (Å²) in [5, 5.41) is 10.8. The minimum absolute atomic E-state index is 0.0897. The molecule has 0 radical (unpaired) electrons. The van der Waals surface area contributed by atoms with Crippen molar-refractivity contribution in [2.75, 3.05) is 6.61 Å². The van der Waals surface area contributed by atoms with Crippen LogP contribution in [0, 0.1) is 0 Å². The van der Waals surface area contributed by atoms with E-state index in [2.05, 4.69) is 0 Å². The van der Waals surface area contributed by atoms with Crippen molar-refractivity contribution in [2.24, 2.45) is 5.73 Å². The van der Waals surface area contributed by atoms with Crippen molar-refractivity contribution in [1.82, 2.24) is 0 Å². The lowest BCUT2D eigenvalue weighted by Crippen LogP contribution is -2.30. The summed E-state index contributed by atoms with van der Waals surface area (Å²) in [6.45, 7) is 0.199. The van der Waals surface area contributed by atoms with E-state index in [0.717, 1.165) is 10.8 Å². The molecule has 3 N–H and O–H groups in total. The summed E-state index contributed by atoms with van der Waals surface area (Å²) in [6, 6.07) is 13.2. The highest BCUT2D eigenvalue weighted by atomic mass is 16.5. The van der Waals surface area contributed by atoms with Crippen LogP contribution >= 0.6 is 0 Å². The van der Waals surface area contributed by atoms with Crippen LogP contribution in [0.4, 0.5) is 0 Å². The molecule has 0 aliphatic rings. The zero-order valence-electron chi connectivity index (χ0n) is 9.87. The zero-order valence-corrected chi connectivity index (χ0v) is 9.87. The molecule has 0 aromatic heterocycles. The molecule has 0 saturated carbocycles. The largest absolute Gasteiger partial charge is 0.492 e. The van der Waals surface area contributed by atoms with Gasteiger partial charge >= 0.3 is 5.97 Å². The lowest BCUT2D eigenvalue weighted by atomic mass is 10.1. The second-order valence-corrected chi connectivity index (χ2v) is 4.18. The van der Waals surface area contributed by atoms with Gasteiger partial charge in [-0.25, -0.2) is 0 Å². The van der Waals surface area contributed by atoms with Gasteiger partial charge < -0.3 is 15.6 Å². The van der Waals surface area contributed by atoms with Crippen LogP contribution in [-0.4, -0.2) is 23.7 Å². The summed E-state index contributed by atoms with van der Waals surface area (Å²) >= 11 is 0. The molecule has 94 valence electrons. The number of hydrogen-bond acceptors (Lipinski definition) is 3. The van der Waals surface area contributed by atoms with Gasteiger partial charge in [-0.3, -0.25) is 4.79 Å². The molecule has 0 amide bonds. The molecular weight excluding hydrogens is 230 g/mol. The van der Waals surface area contributed by atoms with Gasteiger partial charge in [0.2, 0.25) is 0 Å². The van der Waals surface area contributed by atoms with Crippen LogP contribution in [0.1, 0.15) is 6.42 Å². The molecule has 0 saturated heterocycles. The molecule has 18 heavy (non-hydrogen) atoms. The fourth-order valence-electron chi connectivity index (χ4n) is 1.74. The third-order valence-electron chi connectivity index (χ3n) is 2.62. The summed E-state index contributed by atoms with van der Waals surface area (Å²) < 4.78 is 5.49. The minimum Gasteiger partial charge on any atom is -0.492 e. The molecule has 2 aromatic carbocycles. The number of ether oxygens (including phenoxy) is 1. The molecule has 1 atom stereocenters. The van der Waals surface area contributed by atoms with Gasteiger partial charge in [0, 0.05) is 6.04 Å². The van der Waals surface area contributed by atoms with Crippen LogP contribution in [0.5, 0.6) is 5.75 Å². The smallest absolute Gasteiger partial charge is 0.305 e. The monoisotopic (exact) mass is 245 g/mol. The van der Waals surface area contributed by atoms with Crippen molar-refractivity contribution >= 4 is 16.7 Å². The number of carboxylic acid groups (broad SMARTS) is 1. The Morgan fingerprint density at radius 1 is 1.22 bits per heavy atom. The Morgan fingerprint density at radius 3 is 2.67 bits per heavy atom. The molecular formula is C14H15NO3. The molecule has 1 unspecified atom stereocenters. The third kappa shape index (κ3) is 3.21.